The molecule has 0 bridgehead atoms. The van der Waals surface area contributed by atoms with Gasteiger partial charge in [-0.3, -0.25) is 9.59 Å². The molecule has 84 heavy (non-hydrogen) atoms. The summed E-state index contributed by atoms with van der Waals surface area (Å²) in [5.74, 6) is -1.20. The van der Waals surface area contributed by atoms with E-state index in [1.165, 1.54) is 141 Å². The first-order chi connectivity index (χ1) is 41.2. The van der Waals surface area contributed by atoms with Gasteiger partial charge in [-0.2, -0.15) is 0 Å². The molecule has 11 heteroatoms. The van der Waals surface area contributed by atoms with Crippen molar-refractivity contribution in [1.29, 1.82) is 0 Å². The third-order valence-corrected chi connectivity index (χ3v) is 16.0. The van der Waals surface area contributed by atoms with E-state index in [0.29, 0.717) is 12.8 Å². The molecule has 0 aromatic rings. The molecule has 6 N–H and O–H groups in total. The molecule has 1 heterocycles. The summed E-state index contributed by atoms with van der Waals surface area (Å²) < 4.78 is 17.7. The van der Waals surface area contributed by atoms with Gasteiger partial charge < -0.3 is 45.1 Å². The van der Waals surface area contributed by atoms with Crippen LogP contribution in [-0.4, -0.2) is 99.6 Å². The minimum Gasteiger partial charge on any atom is -0.454 e. The molecule has 0 aromatic heterocycles. The zero-order chi connectivity index (χ0) is 61.0. The maximum absolute atomic E-state index is 13.5. The number of unbranched alkanes of at least 4 members (excludes halogenated alkanes) is 33. The Morgan fingerprint density at radius 3 is 1.30 bits per heavy atom. The molecule has 1 amide bonds. The smallest absolute Gasteiger partial charge is 0.306 e. The first-order valence-electron chi connectivity index (χ1n) is 34.9. The van der Waals surface area contributed by atoms with Gasteiger partial charge in [0.05, 0.1) is 25.4 Å². The van der Waals surface area contributed by atoms with Gasteiger partial charge in [-0.1, -0.05) is 286 Å². The molecule has 11 nitrogen and oxygen atoms in total. The Kier molecular flexibility index (Phi) is 56.5. The molecule has 8 atom stereocenters. The molecule has 0 aromatic carbocycles. The van der Waals surface area contributed by atoms with Crippen LogP contribution in [0, 0.1) is 0 Å². The highest BCUT2D eigenvalue weighted by Gasteiger charge is 2.47. The summed E-state index contributed by atoms with van der Waals surface area (Å²) in [6.45, 7) is 5.69. The number of rotatable bonds is 59. The van der Waals surface area contributed by atoms with Crippen LogP contribution in [0.15, 0.2) is 85.1 Å². The van der Waals surface area contributed by atoms with E-state index in [1.807, 2.05) is 6.08 Å². The topological polar surface area (TPSA) is 175 Å². The molecule has 0 spiro atoms. The maximum Gasteiger partial charge on any atom is 0.306 e. The lowest BCUT2D eigenvalue weighted by Gasteiger charge is -2.41. The number of esters is 1. The average molecular weight is 1180 g/mol. The molecule has 1 saturated heterocycles. The summed E-state index contributed by atoms with van der Waals surface area (Å²) in [6, 6.07) is -1.03. The molecule has 0 radical (unpaired) electrons. The van der Waals surface area contributed by atoms with Crippen LogP contribution in [0.4, 0.5) is 0 Å². The molecule has 0 aliphatic carbocycles. The predicted octanol–water partition coefficient (Wildman–Crippen LogP) is 17.7. The van der Waals surface area contributed by atoms with Crippen molar-refractivity contribution in [3.63, 3.8) is 0 Å². The van der Waals surface area contributed by atoms with Crippen LogP contribution < -0.4 is 5.32 Å². The Morgan fingerprint density at radius 2 is 0.857 bits per heavy atom. The summed E-state index contributed by atoms with van der Waals surface area (Å²) in [4.78, 5) is 26.7. The van der Waals surface area contributed by atoms with Crippen molar-refractivity contribution in [2.45, 2.75) is 352 Å². The number of aliphatic hydroxyl groups is 5. The van der Waals surface area contributed by atoms with E-state index >= 15 is 0 Å². The summed E-state index contributed by atoms with van der Waals surface area (Å²) in [6.07, 6.45) is 69.0. The summed E-state index contributed by atoms with van der Waals surface area (Å²) in [7, 11) is 0. The van der Waals surface area contributed by atoms with Crippen LogP contribution in [0.2, 0.25) is 0 Å². The van der Waals surface area contributed by atoms with Gasteiger partial charge >= 0.3 is 5.97 Å². The average Bonchev–Trinajstić information content (AvgIpc) is 3.65. The largest absolute Gasteiger partial charge is 0.454 e. The van der Waals surface area contributed by atoms with Gasteiger partial charge in [0, 0.05) is 6.42 Å². The lowest BCUT2D eigenvalue weighted by atomic mass is 9.99. The third kappa shape index (κ3) is 47.0. The zero-order valence-corrected chi connectivity index (χ0v) is 54.0. The number of amides is 1. The molecule has 8 unspecified atom stereocenters. The maximum atomic E-state index is 13.5. The standard InChI is InChI=1S/C73H129NO10/c1-4-7-10-13-16-19-22-25-27-29-31-33-34-35-37-39-41-43-46-49-52-55-58-61-68(78)84-71-70(80)69(79)67(62-75)83-73(71)82-63-64(65(76)59-56-53-50-47-44-24-21-18-15-12-9-6-3)74-72(81)66(77)60-57-54-51-48-45-42-40-38-36-32-30-28-26-23-20-17-14-11-8-5-2/h7,10,16,19,25-28,31,33,35,37,56,59,64-67,69-71,73,75-77,79-80H,4-6,8-9,11-15,17-18,20-24,29-30,32,34,36,38-55,57-58,60-63H2,1-3H3,(H,74,81)/b10-7-,19-16-,27-25-,28-26+,33-31-,37-35-,59-56+. The van der Waals surface area contributed by atoms with Gasteiger partial charge in [0.25, 0.3) is 0 Å². The highest BCUT2D eigenvalue weighted by molar-refractivity contribution is 5.80. The Labute approximate surface area is 514 Å². The molecule has 1 aliphatic rings. The molecular formula is C73H129NO10. The predicted molar refractivity (Wildman–Crippen MR) is 352 cm³/mol. The summed E-state index contributed by atoms with van der Waals surface area (Å²) in [5.41, 5.74) is 0. The van der Waals surface area contributed by atoms with E-state index in [4.69, 9.17) is 14.2 Å². The number of ether oxygens (including phenoxy) is 3. The van der Waals surface area contributed by atoms with Crippen molar-refractivity contribution in [2.75, 3.05) is 13.2 Å². The molecule has 0 saturated carbocycles. The fourth-order valence-corrected chi connectivity index (χ4v) is 10.6. The van der Waals surface area contributed by atoms with Gasteiger partial charge in [-0.15, -0.1) is 0 Å². The molecule has 1 rings (SSSR count). The Morgan fingerprint density at radius 1 is 0.476 bits per heavy atom. The highest BCUT2D eigenvalue weighted by Crippen LogP contribution is 2.26. The molecule has 1 fully saturated rings. The van der Waals surface area contributed by atoms with Crippen molar-refractivity contribution in [3.05, 3.63) is 85.1 Å². The SMILES string of the molecule is CC/C=C\C/C=C\C/C=C\C/C=C\C/C=C\CCCCCCCCCC(=O)OC1C(OCC(NC(=O)C(O)CCCCCCCCCCCC/C=C/CCCCCCCC)C(O)/C=C/CCCCCCCCCCCC)OC(CO)C(O)C1O. The van der Waals surface area contributed by atoms with Crippen molar-refractivity contribution in [2.24, 2.45) is 0 Å². The van der Waals surface area contributed by atoms with Crippen molar-refractivity contribution in [1.82, 2.24) is 5.32 Å². The first-order valence-corrected chi connectivity index (χ1v) is 34.9. The minimum atomic E-state index is -1.62. The van der Waals surface area contributed by atoms with Crippen LogP contribution in [-0.2, 0) is 23.8 Å². The van der Waals surface area contributed by atoms with Crippen LogP contribution >= 0.6 is 0 Å². The van der Waals surface area contributed by atoms with Crippen molar-refractivity contribution >= 4 is 11.9 Å². The van der Waals surface area contributed by atoms with Gasteiger partial charge in [0.2, 0.25) is 5.91 Å². The molecule has 1 aliphatic heterocycles. The fraction of sp³-hybridized carbons (Fsp3) is 0.781. The first kappa shape index (κ1) is 78.9. The van der Waals surface area contributed by atoms with Crippen LogP contribution in [0.3, 0.4) is 0 Å². The third-order valence-electron chi connectivity index (χ3n) is 16.0. The molecular weight excluding hydrogens is 1050 g/mol. The van der Waals surface area contributed by atoms with Crippen molar-refractivity contribution < 1.29 is 49.3 Å². The minimum absolute atomic E-state index is 0.108. The monoisotopic (exact) mass is 1180 g/mol. The van der Waals surface area contributed by atoms with Crippen molar-refractivity contribution in [3.8, 4) is 0 Å². The normalized spacial score (nSPS) is 19.0. The number of hydrogen-bond acceptors (Lipinski definition) is 10. The van der Waals surface area contributed by atoms with E-state index in [0.717, 1.165) is 116 Å². The second-order valence-corrected chi connectivity index (χ2v) is 23.9. The Balaban J connectivity index is 2.61. The second kappa shape index (κ2) is 60.1. The zero-order valence-electron chi connectivity index (χ0n) is 54.0. The van der Waals surface area contributed by atoms with Gasteiger partial charge in [-0.25, -0.2) is 0 Å². The lowest BCUT2D eigenvalue weighted by Crippen LogP contribution is -2.61. The Hall–Kier alpha value is -3.16. The second-order valence-electron chi connectivity index (χ2n) is 23.9. The summed E-state index contributed by atoms with van der Waals surface area (Å²) >= 11 is 0. The highest BCUT2D eigenvalue weighted by atomic mass is 16.7. The lowest BCUT2D eigenvalue weighted by molar-refractivity contribution is -0.305. The van der Waals surface area contributed by atoms with Gasteiger partial charge in [0.1, 0.15) is 24.4 Å². The number of nitrogens with one attached hydrogen (secondary N) is 1. The van der Waals surface area contributed by atoms with E-state index in [1.54, 1.807) is 6.08 Å². The van der Waals surface area contributed by atoms with E-state index in [2.05, 4.69) is 99.0 Å². The number of hydrogen-bond donors (Lipinski definition) is 6. The van der Waals surface area contributed by atoms with Crippen LogP contribution in [0.1, 0.15) is 303 Å². The van der Waals surface area contributed by atoms with Gasteiger partial charge in [-0.05, 0) is 96.3 Å². The van der Waals surface area contributed by atoms with E-state index in [-0.39, 0.29) is 19.4 Å². The fourth-order valence-electron chi connectivity index (χ4n) is 10.6. The number of allylic oxidation sites excluding steroid dienone is 13. The van der Waals surface area contributed by atoms with E-state index < -0.39 is 67.4 Å². The number of aliphatic hydroxyl groups excluding tert-OH is 5. The van der Waals surface area contributed by atoms with Crippen LogP contribution in [0.25, 0.3) is 0 Å². The van der Waals surface area contributed by atoms with Crippen LogP contribution in [0.5, 0.6) is 0 Å². The molecule has 486 valence electrons. The number of carbonyl (C=O) groups excluding carboxylic acids is 2. The Bertz CT molecular complexity index is 1690. The van der Waals surface area contributed by atoms with E-state index in [9.17, 15) is 35.1 Å². The quantitative estimate of drug-likeness (QED) is 0.0195. The summed E-state index contributed by atoms with van der Waals surface area (Å²) in [5, 5.41) is 57.2. The number of carbonyl (C=O) groups is 2. The van der Waals surface area contributed by atoms with Gasteiger partial charge in [0.15, 0.2) is 12.4 Å².